The Morgan fingerprint density at radius 2 is 2.22 bits per heavy atom. The molecule has 0 aliphatic carbocycles. The van der Waals surface area contributed by atoms with Crippen molar-refractivity contribution < 1.29 is 9.21 Å². The molecule has 116 valence electrons. The third kappa shape index (κ3) is 3.99. The Kier molecular flexibility index (Phi) is 5.10. The second kappa shape index (κ2) is 7.25. The van der Waals surface area contributed by atoms with Gasteiger partial charge in [0.05, 0.1) is 0 Å². The van der Waals surface area contributed by atoms with Gasteiger partial charge in [-0.1, -0.05) is 41.6 Å². The molecule has 6 heteroatoms. The first-order chi connectivity index (χ1) is 11.2. The van der Waals surface area contributed by atoms with Crippen LogP contribution in [0.5, 0.6) is 0 Å². The van der Waals surface area contributed by atoms with Gasteiger partial charge in [0.2, 0.25) is 5.12 Å². The zero-order valence-corrected chi connectivity index (χ0v) is 14.4. The van der Waals surface area contributed by atoms with Gasteiger partial charge in [-0.15, -0.1) is 6.58 Å². The molecule has 0 saturated heterocycles. The van der Waals surface area contributed by atoms with Gasteiger partial charge in [0, 0.05) is 22.4 Å². The van der Waals surface area contributed by atoms with Crippen molar-refractivity contribution in [3.63, 3.8) is 0 Å². The predicted molar refractivity (Wildman–Crippen MR) is 99.8 cm³/mol. The van der Waals surface area contributed by atoms with E-state index in [1.807, 2.05) is 36.4 Å². The first kappa shape index (κ1) is 16.2. The molecule has 23 heavy (non-hydrogen) atoms. The number of halogens is 1. The summed E-state index contributed by atoms with van der Waals surface area (Å²) < 4.78 is 6.50. The smallest absolute Gasteiger partial charge is 0.244 e. The molecule has 0 N–H and O–H groups in total. The van der Waals surface area contributed by atoms with Crippen LogP contribution in [0.2, 0.25) is 5.02 Å². The fourth-order valence-corrected chi connectivity index (χ4v) is 3.74. The number of hydrogen-bond acceptors (Lipinski definition) is 5. The molecule has 1 aromatic heterocycles. The minimum atomic E-state index is -0.0720. The molecule has 0 saturated carbocycles. The predicted octanol–water partition coefficient (Wildman–Crippen LogP) is 5.49. The fraction of sp³-hybridized carbons (Fsp3) is 0.0588. The van der Waals surface area contributed by atoms with Crippen LogP contribution in [0.1, 0.15) is 5.76 Å². The molecule has 0 unspecified atom stereocenters. The van der Waals surface area contributed by atoms with Crippen molar-refractivity contribution in [2.24, 2.45) is 4.99 Å². The number of thioether (sulfide) groups is 2. The molecule has 0 amide bonds. The highest BCUT2D eigenvalue weighted by Crippen LogP contribution is 2.32. The van der Waals surface area contributed by atoms with E-state index < -0.39 is 0 Å². The van der Waals surface area contributed by atoms with Crippen molar-refractivity contribution in [2.75, 3.05) is 5.75 Å². The van der Waals surface area contributed by atoms with E-state index in [1.165, 1.54) is 11.8 Å². The SMILES string of the molecule is C=CCSC1=NC(=Cc2ccc(-c3cccc(Cl)c3)o2)C(=O)S1. The molecule has 1 aliphatic rings. The minimum Gasteiger partial charge on any atom is -0.457 e. The second-order valence-corrected chi connectivity index (χ2v) is 7.27. The first-order valence-electron chi connectivity index (χ1n) is 6.78. The lowest BCUT2D eigenvalue weighted by Crippen LogP contribution is -1.87. The summed E-state index contributed by atoms with van der Waals surface area (Å²) in [5, 5.41) is 0.576. The lowest BCUT2D eigenvalue weighted by atomic mass is 10.2. The Labute approximate surface area is 147 Å². The van der Waals surface area contributed by atoms with E-state index in [2.05, 4.69) is 11.6 Å². The van der Waals surface area contributed by atoms with E-state index in [0.717, 1.165) is 27.5 Å². The van der Waals surface area contributed by atoms with Gasteiger partial charge in [-0.3, -0.25) is 4.79 Å². The van der Waals surface area contributed by atoms with Crippen LogP contribution in [0, 0.1) is 0 Å². The van der Waals surface area contributed by atoms with Gasteiger partial charge in [-0.2, -0.15) is 0 Å². The summed E-state index contributed by atoms with van der Waals surface area (Å²) in [6, 6.07) is 11.1. The quantitative estimate of drug-likeness (QED) is 0.533. The summed E-state index contributed by atoms with van der Waals surface area (Å²) in [4.78, 5) is 16.3. The van der Waals surface area contributed by atoms with Gasteiger partial charge in [0.25, 0.3) is 0 Å². The number of rotatable bonds is 4. The fourth-order valence-electron chi connectivity index (χ4n) is 1.94. The molecule has 1 aliphatic heterocycles. The molecule has 3 nitrogen and oxygen atoms in total. The van der Waals surface area contributed by atoms with Crippen molar-refractivity contribution in [3.05, 3.63) is 65.5 Å². The number of carbonyl (C=O) groups excluding carboxylic acids is 1. The summed E-state index contributed by atoms with van der Waals surface area (Å²) in [5.41, 5.74) is 1.29. The summed E-state index contributed by atoms with van der Waals surface area (Å²) >= 11 is 8.62. The highest BCUT2D eigenvalue weighted by molar-refractivity contribution is 8.45. The van der Waals surface area contributed by atoms with E-state index in [9.17, 15) is 4.79 Å². The van der Waals surface area contributed by atoms with Crippen molar-refractivity contribution in [3.8, 4) is 11.3 Å². The van der Waals surface area contributed by atoms with Crippen molar-refractivity contribution >= 4 is 50.7 Å². The van der Waals surface area contributed by atoms with E-state index in [-0.39, 0.29) is 5.12 Å². The van der Waals surface area contributed by atoms with Gasteiger partial charge in [-0.05, 0) is 36.0 Å². The molecule has 1 aromatic carbocycles. The van der Waals surface area contributed by atoms with E-state index in [1.54, 1.807) is 12.2 Å². The lowest BCUT2D eigenvalue weighted by molar-refractivity contribution is -0.107. The Hall–Kier alpha value is -1.69. The molecular formula is C17H12ClNO2S2. The lowest BCUT2D eigenvalue weighted by Gasteiger charge is -1.97. The monoisotopic (exact) mass is 361 g/mol. The summed E-state index contributed by atoms with van der Waals surface area (Å²) in [6.45, 7) is 3.66. The maximum Gasteiger partial charge on any atom is 0.244 e. The van der Waals surface area contributed by atoms with Gasteiger partial charge in [0.15, 0.2) is 0 Å². The molecule has 2 aromatic rings. The van der Waals surface area contributed by atoms with Gasteiger partial charge in [0.1, 0.15) is 21.6 Å². The van der Waals surface area contributed by atoms with Crippen LogP contribution in [0.4, 0.5) is 0 Å². The molecule has 0 fully saturated rings. The summed E-state index contributed by atoms with van der Waals surface area (Å²) in [7, 11) is 0. The number of nitrogens with zero attached hydrogens (tertiary/aromatic N) is 1. The highest BCUT2D eigenvalue weighted by Gasteiger charge is 2.22. The molecule has 0 bridgehead atoms. The zero-order chi connectivity index (χ0) is 16.2. The number of hydrogen-bond donors (Lipinski definition) is 0. The topological polar surface area (TPSA) is 42.6 Å². The molecular weight excluding hydrogens is 350 g/mol. The van der Waals surface area contributed by atoms with Crippen molar-refractivity contribution in [2.45, 2.75) is 0 Å². The van der Waals surface area contributed by atoms with Crippen LogP contribution < -0.4 is 0 Å². The van der Waals surface area contributed by atoms with Crippen molar-refractivity contribution in [1.82, 2.24) is 0 Å². The standard InChI is InChI=1S/C17H12ClNO2S2/c1-2-8-22-17-19-14(16(20)23-17)10-13-6-7-15(21-13)11-4-3-5-12(18)9-11/h2-7,9-10H,1,8H2. The average Bonchev–Trinajstić information content (AvgIpc) is 3.13. The van der Waals surface area contributed by atoms with Crippen LogP contribution in [-0.4, -0.2) is 15.2 Å². The molecule has 2 heterocycles. The Bertz CT molecular complexity index is 824. The Morgan fingerprint density at radius 1 is 1.35 bits per heavy atom. The number of furan rings is 1. The Morgan fingerprint density at radius 3 is 3.00 bits per heavy atom. The van der Waals surface area contributed by atoms with Gasteiger partial charge >= 0.3 is 0 Å². The summed E-state index contributed by atoms with van der Waals surface area (Å²) in [6.07, 6.45) is 3.44. The van der Waals surface area contributed by atoms with Gasteiger partial charge < -0.3 is 4.42 Å². The Balaban J connectivity index is 1.82. The van der Waals surface area contributed by atoms with Crippen LogP contribution in [-0.2, 0) is 4.79 Å². The summed E-state index contributed by atoms with van der Waals surface area (Å²) in [5.74, 6) is 2.01. The average molecular weight is 362 g/mol. The zero-order valence-electron chi connectivity index (χ0n) is 12.0. The maximum atomic E-state index is 12.0. The third-order valence-corrected chi connectivity index (χ3v) is 5.18. The molecule has 0 spiro atoms. The number of benzene rings is 1. The van der Waals surface area contributed by atoms with Crippen LogP contribution in [0.25, 0.3) is 17.4 Å². The van der Waals surface area contributed by atoms with Crippen LogP contribution >= 0.6 is 35.1 Å². The molecule has 0 radical (unpaired) electrons. The van der Waals surface area contributed by atoms with Crippen LogP contribution in [0.3, 0.4) is 0 Å². The largest absolute Gasteiger partial charge is 0.457 e. The van der Waals surface area contributed by atoms with Crippen molar-refractivity contribution in [1.29, 1.82) is 0 Å². The molecule has 0 atom stereocenters. The second-order valence-electron chi connectivity index (χ2n) is 4.61. The highest BCUT2D eigenvalue weighted by atomic mass is 35.5. The maximum absolute atomic E-state index is 12.0. The number of aliphatic imine (C=N–C) groups is 1. The van der Waals surface area contributed by atoms with E-state index in [0.29, 0.717) is 22.2 Å². The minimum absolute atomic E-state index is 0.0720. The normalized spacial score (nSPS) is 16.0. The van der Waals surface area contributed by atoms with Gasteiger partial charge in [-0.25, -0.2) is 4.99 Å². The van der Waals surface area contributed by atoms with E-state index >= 15 is 0 Å². The number of carbonyl (C=O) groups is 1. The van der Waals surface area contributed by atoms with Crippen LogP contribution in [0.15, 0.2) is 64.2 Å². The first-order valence-corrected chi connectivity index (χ1v) is 8.96. The molecule has 3 rings (SSSR count). The van der Waals surface area contributed by atoms with E-state index in [4.69, 9.17) is 16.0 Å². The third-order valence-electron chi connectivity index (χ3n) is 2.94.